The molecule has 2 aromatic heterocycles. The van der Waals surface area contributed by atoms with Gasteiger partial charge in [0.1, 0.15) is 24.0 Å². The van der Waals surface area contributed by atoms with Gasteiger partial charge in [-0.15, -0.1) is 0 Å². The van der Waals surface area contributed by atoms with Gasteiger partial charge in [0.15, 0.2) is 0 Å². The molecule has 0 bridgehead atoms. The van der Waals surface area contributed by atoms with Gasteiger partial charge in [0, 0.05) is 43.9 Å². The molecule has 3 aromatic rings. The first kappa shape index (κ1) is 22.8. The molecule has 1 fully saturated rings. The Morgan fingerprint density at radius 3 is 2.62 bits per heavy atom. The maximum Gasteiger partial charge on any atom is 0.227 e. The molecule has 2 aliphatic rings. The van der Waals surface area contributed by atoms with Crippen LogP contribution < -0.4 is 10.2 Å². The minimum absolute atomic E-state index is 0.191. The maximum absolute atomic E-state index is 12.6. The van der Waals surface area contributed by atoms with E-state index in [1.54, 1.807) is 6.26 Å². The van der Waals surface area contributed by atoms with Crippen molar-refractivity contribution in [1.29, 1.82) is 0 Å². The zero-order valence-corrected chi connectivity index (χ0v) is 19.8. The molecule has 0 unspecified atom stereocenters. The van der Waals surface area contributed by atoms with Gasteiger partial charge in [-0.3, -0.25) is 9.69 Å². The predicted molar refractivity (Wildman–Crippen MR) is 125 cm³/mol. The number of piperidine rings is 1. The molecular formula is C24H27N3O6S. The predicted octanol–water partition coefficient (Wildman–Crippen LogP) is 2.86. The molecule has 1 aromatic carbocycles. The maximum atomic E-state index is 12.6. The molecule has 0 aliphatic carbocycles. The van der Waals surface area contributed by atoms with Crippen LogP contribution in [0.2, 0.25) is 0 Å². The number of hydrogen-bond acceptors (Lipinski definition) is 8. The van der Waals surface area contributed by atoms with Crippen LogP contribution in [-0.4, -0.2) is 48.7 Å². The lowest BCUT2D eigenvalue weighted by Gasteiger charge is -2.29. The van der Waals surface area contributed by atoms with Crippen LogP contribution in [0.5, 0.6) is 5.75 Å². The van der Waals surface area contributed by atoms with Gasteiger partial charge in [-0.1, -0.05) is 17.3 Å². The molecule has 0 amide bonds. The number of benzene rings is 1. The molecule has 0 saturated carbocycles. The third kappa shape index (κ3) is 5.08. The summed E-state index contributed by atoms with van der Waals surface area (Å²) in [7, 11) is -3.15. The molecule has 9 nitrogen and oxygen atoms in total. The van der Waals surface area contributed by atoms with Crippen molar-refractivity contribution in [3.05, 3.63) is 70.0 Å². The van der Waals surface area contributed by atoms with Crippen molar-refractivity contribution in [2.24, 2.45) is 5.92 Å². The van der Waals surface area contributed by atoms with E-state index in [9.17, 15) is 13.2 Å². The molecule has 10 heteroatoms. The first-order valence-corrected chi connectivity index (χ1v) is 13.1. The van der Waals surface area contributed by atoms with Gasteiger partial charge < -0.3 is 13.7 Å². The Morgan fingerprint density at radius 2 is 1.91 bits per heavy atom. The Morgan fingerprint density at radius 1 is 1.12 bits per heavy atom. The van der Waals surface area contributed by atoms with Gasteiger partial charge in [0.2, 0.25) is 21.2 Å². The van der Waals surface area contributed by atoms with Crippen LogP contribution in [0, 0.1) is 5.92 Å². The highest BCUT2D eigenvalue weighted by Crippen LogP contribution is 2.29. The van der Waals surface area contributed by atoms with Crippen LogP contribution in [0.1, 0.15) is 29.7 Å². The standard InChI is InChI=1S/C24H27N3O6S/c1-34(29,30)27-7-4-17(5-8-27)15-32-24-16-31-21(11-23(24)28)14-26-12-19-3-2-18(10-20(19)13-26)22-6-9-33-25-22/h2-3,6,9-11,16-17H,4-5,7-8,12-15H2,1H3. The van der Waals surface area contributed by atoms with Crippen molar-refractivity contribution in [2.75, 3.05) is 26.0 Å². The van der Waals surface area contributed by atoms with Crippen LogP contribution in [0.4, 0.5) is 0 Å². The van der Waals surface area contributed by atoms with Crippen LogP contribution in [0.15, 0.2) is 56.6 Å². The number of rotatable bonds is 7. The summed E-state index contributed by atoms with van der Waals surface area (Å²) in [4.78, 5) is 14.8. The number of ether oxygens (including phenoxy) is 1. The normalized spacial score (nSPS) is 17.7. The van der Waals surface area contributed by atoms with E-state index in [4.69, 9.17) is 13.7 Å². The smallest absolute Gasteiger partial charge is 0.227 e. The van der Waals surface area contributed by atoms with E-state index in [-0.39, 0.29) is 17.1 Å². The summed E-state index contributed by atoms with van der Waals surface area (Å²) < 4.78 is 41.1. The van der Waals surface area contributed by atoms with Crippen LogP contribution in [-0.2, 0) is 29.7 Å². The van der Waals surface area contributed by atoms with E-state index in [2.05, 4.69) is 22.2 Å². The van der Waals surface area contributed by atoms with Gasteiger partial charge in [-0.25, -0.2) is 12.7 Å². The Kier molecular flexibility index (Phi) is 6.28. The lowest BCUT2D eigenvalue weighted by Crippen LogP contribution is -2.39. The minimum Gasteiger partial charge on any atom is -0.486 e. The fraction of sp³-hybridized carbons (Fsp3) is 0.417. The quantitative estimate of drug-likeness (QED) is 0.503. The third-order valence-electron chi connectivity index (χ3n) is 6.48. The highest BCUT2D eigenvalue weighted by atomic mass is 32.2. The summed E-state index contributed by atoms with van der Waals surface area (Å²) >= 11 is 0. The summed E-state index contributed by atoms with van der Waals surface area (Å²) in [5, 5.41) is 4.00. The Balaban J connectivity index is 1.15. The van der Waals surface area contributed by atoms with E-state index in [0.717, 1.165) is 24.3 Å². The highest BCUT2D eigenvalue weighted by molar-refractivity contribution is 7.88. The molecule has 2 aliphatic heterocycles. The summed E-state index contributed by atoms with van der Waals surface area (Å²) in [6.07, 6.45) is 5.60. The number of sulfonamides is 1. The molecule has 0 atom stereocenters. The molecule has 180 valence electrons. The fourth-order valence-corrected chi connectivity index (χ4v) is 5.43. The van der Waals surface area contributed by atoms with Gasteiger partial charge in [-0.05, 0) is 36.0 Å². The molecule has 0 N–H and O–H groups in total. The lowest BCUT2D eigenvalue weighted by molar-refractivity contribution is 0.180. The van der Waals surface area contributed by atoms with E-state index >= 15 is 0 Å². The van der Waals surface area contributed by atoms with Crippen LogP contribution in [0.25, 0.3) is 11.3 Å². The van der Waals surface area contributed by atoms with Gasteiger partial charge in [-0.2, -0.15) is 0 Å². The minimum atomic E-state index is -3.15. The zero-order valence-electron chi connectivity index (χ0n) is 19.0. The number of fused-ring (bicyclic) bond motifs is 1. The Hall–Kier alpha value is -2.95. The Bertz CT molecular complexity index is 1310. The van der Waals surface area contributed by atoms with Gasteiger partial charge in [0.05, 0.1) is 19.4 Å². The van der Waals surface area contributed by atoms with Crippen LogP contribution >= 0.6 is 0 Å². The average Bonchev–Trinajstić information content (AvgIpc) is 3.47. The van der Waals surface area contributed by atoms with Crippen molar-refractivity contribution in [3.63, 3.8) is 0 Å². The van der Waals surface area contributed by atoms with E-state index < -0.39 is 10.0 Å². The van der Waals surface area contributed by atoms with E-state index in [0.29, 0.717) is 44.8 Å². The van der Waals surface area contributed by atoms with Crippen molar-refractivity contribution in [2.45, 2.75) is 32.5 Å². The van der Waals surface area contributed by atoms with E-state index in [1.165, 1.54) is 34.0 Å². The molecule has 5 rings (SSSR count). The SMILES string of the molecule is CS(=O)(=O)N1CCC(COc2coc(CN3Cc4ccc(-c5ccon5)cc4C3)cc2=O)CC1. The molecule has 1 saturated heterocycles. The first-order chi connectivity index (χ1) is 16.3. The highest BCUT2D eigenvalue weighted by Gasteiger charge is 2.26. The van der Waals surface area contributed by atoms with E-state index in [1.807, 2.05) is 12.1 Å². The van der Waals surface area contributed by atoms with Crippen molar-refractivity contribution in [1.82, 2.24) is 14.4 Å². The monoisotopic (exact) mass is 485 g/mol. The summed E-state index contributed by atoms with van der Waals surface area (Å²) in [6, 6.07) is 9.60. The fourth-order valence-electron chi connectivity index (χ4n) is 4.56. The largest absolute Gasteiger partial charge is 0.486 e. The second-order valence-electron chi connectivity index (χ2n) is 9.00. The summed E-state index contributed by atoms with van der Waals surface area (Å²) in [5.74, 6) is 0.988. The average molecular weight is 486 g/mol. The summed E-state index contributed by atoms with van der Waals surface area (Å²) in [6.45, 7) is 3.40. The lowest BCUT2D eigenvalue weighted by atomic mass is 9.99. The number of nitrogens with zero attached hydrogens (tertiary/aromatic N) is 3. The molecule has 0 spiro atoms. The number of hydrogen-bond donors (Lipinski definition) is 0. The Labute approximate surface area is 198 Å². The van der Waals surface area contributed by atoms with Crippen LogP contribution in [0.3, 0.4) is 0 Å². The first-order valence-electron chi connectivity index (χ1n) is 11.3. The second-order valence-corrected chi connectivity index (χ2v) is 11.0. The number of aromatic nitrogens is 1. The van der Waals surface area contributed by atoms with Gasteiger partial charge >= 0.3 is 0 Å². The summed E-state index contributed by atoms with van der Waals surface area (Å²) in [5.41, 5.74) is 4.09. The van der Waals surface area contributed by atoms with Crippen molar-refractivity contribution >= 4 is 10.0 Å². The molecule has 4 heterocycles. The van der Waals surface area contributed by atoms with Crippen molar-refractivity contribution < 1.29 is 22.1 Å². The molecular weight excluding hydrogens is 458 g/mol. The molecule has 34 heavy (non-hydrogen) atoms. The zero-order chi connectivity index (χ0) is 23.7. The second kappa shape index (κ2) is 9.36. The van der Waals surface area contributed by atoms with Gasteiger partial charge in [0.25, 0.3) is 0 Å². The third-order valence-corrected chi connectivity index (χ3v) is 7.78. The topological polar surface area (TPSA) is 106 Å². The van der Waals surface area contributed by atoms with Crippen molar-refractivity contribution in [3.8, 4) is 17.0 Å². The molecule has 0 radical (unpaired) electrons.